The molecule has 0 aliphatic carbocycles. The van der Waals surface area contributed by atoms with Crippen LogP contribution in [0, 0.1) is 12.3 Å². The van der Waals surface area contributed by atoms with Crippen LogP contribution in [0.25, 0.3) is 21.9 Å². The molecule has 3 aromatic rings. The van der Waals surface area contributed by atoms with Gasteiger partial charge in [0.1, 0.15) is 5.82 Å². The molecule has 2 aromatic carbocycles. The second-order valence-corrected chi connectivity index (χ2v) is 6.91. The van der Waals surface area contributed by atoms with Crippen molar-refractivity contribution in [2.45, 2.75) is 20.0 Å². The van der Waals surface area contributed by atoms with Gasteiger partial charge in [-0.2, -0.15) is 0 Å². The molecule has 0 radical (unpaired) electrons. The van der Waals surface area contributed by atoms with E-state index in [1.165, 1.54) is 0 Å². The molecule has 1 heterocycles. The van der Waals surface area contributed by atoms with E-state index in [9.17, 15) is 9.59 Å². The van der Waals surface area contributed by atoms with Gasteiger partial charge in [0.25, 0.3) is 0 Å². The first kappa shape index (κ1) is 25.5. The van der Waals surface area contributed by atoms with Gasteiger partial charge in [-0.15, -0.1) is 18.8 Å². The molecule has 0 fully saturated rings. The molecule has 0 aliphatic rings. The number of halogens is 1. The predicted molar refractivity (Wildman–Crippen MR) is 132 cm³/mol. The first-order valence-corrected chi connectivity index (χ1v) is 10.2. The lowest BCUT2D eigenvalue weighted by molar-refractivity contribution is 0.159. The van der Waals surface area contributed by atoms with Gasteiger partial charge in [-0.25, -0.2) is 14.6 Å². The van der Waals surface area contributed by atoms with Crippen molar-refractivity contribution in [1.29, 1.82) is 0 Å². The zero-order valence-electron chi connectivity index (χ0n) is 18.2. The molecule has 0 atom stereocenters. The second-order valence-electron chi connectivity index (χ2n) is 6.91. The van der Waals surface area contributed by atoms with Gasteiger partial charge in [-0.3, -0.25) is 5.32 Å². The van der Waals surface area contributed by atoms with Crippen molar-refractivity contribution in [3.8, 4) is 23.5 Å². The Bertz CT molecular complexity index is 1160. The number of amides is 3. The average molecular weight is 468 g/mol. The van der Waals surface area contributed by atoms with Crippen LogP contribution in [0.1, 0.15) is 18.1 Å². The van der Waals surface area contributed by atoms with Crippen molar-refractivity contribution in [3.63, 3.8) is 0 Å². The van der Waals surface area contributed by atoms with E-state index in [0.717, 1.165) is 33.0 Å². The van der Waals surface area contributed by atoms with E-state index in [-0.39, 0.29) is 31.6 Å². The molecule has 33 heavy (non-hydrogen) atoms. The van der Waals surface area contributed by atoms with E-state index in [1.54, 1.807) is 6.20 Å². The number of nitrogens with zero attached hydrogens (tertiary/aromatic N) is 1. The van der Waals surface area contributed by atoms with Gasteiger partial charge in [0.05, 0.1) is 0 Å². The Hall–Kier alpha value is -3.80. The highest BCUT2D eigenvalue weighted by Gasteiger charge is 2.12. The van der Waals surface area contributed by atoms with E-state index in [0.29, 0.717) is 18.9 Å². The molecule has 172 valence electrons. The Morgan fingerprint density at radius 1 is 1.12 bits per heavy atom. The zero-order chi connectivity index (χ0) is 22.9. The third-order valence-corrected chi connectivity index (χ3v) is 4.78. The summed E-state index contributed by atoms with van der Waals surface area (Å²) in [6, 6.07) is 13.3. The van der Waals surface area contributed by atoms with Gasteiger partial charge in [-0.1, -0.05) is 42.3 Å². The highest BCUT2D eigenvalue weighted by molar-refractivity contribution is 6.01. The fourth-order valence-electron chi connectivity index (χ4n) is 3.24. The molecule has 9 heteroatoms. The van der Waals surface area contributed by atoms with Crippen molar-refractivity contribution in [2.75, 3.05) is 18.5 Å². The van der Waals surface area contributed by atoms with Crippen molar-refractivity contribution in [3.05, 3.63) is 59.8 Å². The first-order valence-electron chi connectivity index (χ1n) is 10.2. The molecule has 0 aliphatic heterocycles. The van der Waals surface area contributed by atoms with Gasteiger partial charge in [0.2, 0.25) is 0 Å². The summed E-state index contributed by atoms with van der Waals surface area (Å²) in [5.74, 6) is 2.67. The van der Waals surface area contributed by atoms with E-state index < -0.39 is 6.09 Å². The molecule has 3 rings (SSSR count). The maximum atomic E-state index is 12.0. The molecular weight excluding hydrogens is 442 g/mol. The molecule has 0 spiro atoms. The van der Waals surface area contributed by atoms with E-state index in [1.807, 2.05) is 49.4 Å². The number of alkyl carbamates (subject to hydrolysis) is 1. The molecule has 0 saturated carbocycles. The average Bonchev–Trinajstić information content (AvgIpc) is 2.81. The smallest absolute Gasteiger partial charge is 0.408 e. The Labute approximate surface area is 198 Å². The molecule has 0 saturated heterocycles. The topological polar surface area (TPSA) is 118 Å². The van der Waals surface area contributed by atoms with Crippen LogP contribution in [0.15, 0.2) is 48.7 Å². The SMILES string of the molecule is C#CCOC(=O)NCc1ccc(-c2ccc(CN)cc2)c2cc(NC(=O)NCC)ncc12.Cl. The fourth-order valence-corrected chi connectivity index (χ4v) is 3.24. The van der Waals surface area contributed by atoms with Crippen molar-refractivity contribution in [1.82, 2.24) is 15.6 Å². The monoisotopic (exact) mass is 467 g/mol. The minimum Gasteiger partial charge on any atom is -0.436 e. The predicted octanol–water partition coefficient (Wildman–Crippen LogP) is 3.78. The fraction of sp³-hybridized carbons (Fsp3) is 0.208. The van der Waals surface area contributed by atoms with Crippen LogP contribution in [-0.4, -0.2) is 30.3 Å². The summed E-state index contributed by atoms with van der Waals surface area (Å²) in [6.07, 6.45) is 6.19. The second kappa shape index (κ2) is 12.3. The van der Waals surface area contributed by atoms with Crippen LogP contribution in [0.3, 0.4) is 0 Å². The van der Waals surface area contributed by atoms with Crippen molar-refractivity contribution < 1.29 is 14.3 Å². The standard InChI is InChI=1S/C24H25N5O3.ClH/c1-3-11-32-24(31)28-14-18-9-10-19(17-7-5-16(13-25)6-8-17)20-12-22(27-15-21(18)20)29-23(30)26-4-2;/h1,5-10,12,15H,4,11,13-14,25H2,2H3,(H,28,31)(H2,26,27,29,30);1H. The number of hydrogen-bond donors (Lipinski definition) is 4. The summed E-state index contributed by atoms with van der Waals surface area (Å²) in [4.78, 5) is 28.1. The number of pyridine rings is 1. The largest absolute Gasteiger partial charge is 0.436 e. The lowest BCUT2D eigenvalue weighted by Gasteiger charge is -2.14. The number of rotatable bonds is 7. The van der Waals surface area contributed by atoms with Gasteiger partial charge in [0.15, 0.2) is 6.61 Å². The normalized spacial score (nSPS) is 9.97. The quantitative estimate of drug-likeness (QED) is 0.394. The van der Waals surface area contributed by atoms with Crippen LogP contribution >= 0.6 is 12.4 Å². The Kier molecular flexibility index (Phi) is 9.48. The van der Waals surface area contributed by atoms with Crippen LogP contribution in [0.2, 0.25) is 0 Å². The van der Waals surface area contributed by atoms with Gasteiger partial charge in [-0.05, 0) is 40.6 Å². The highest BCUT2D eigenvalue weighted by Crippen LogP contribution is 2.32. The van der Waals surface area contributed by atoms with Crippen LogP contribution in [0.5, 0.6) is 0 Å². The maximum absolute atomic E-state index is 12.0. The number of nitrogens with one attached hydrogen (secondary N) is 3. The van der Waals surface area contributed by atoms with E-state index >= 15 is 0 Å². The summed E-state index contributed by atoms with van der Waals surface area (Å²) < 4.78 is 4.86. The third-order valence-electron chi connectivity index (χ3n) is 4.78. The summed E-state index contributed by atoms with van der Waals surface area (Å²) in [5.41, 5.74) is 9.55. The third kappa shape index (κ3) is 6.59. The number of hydrogen-bond acceptors (Lipinski definition) is 5. The minimum atomic E-state index is -0.597. The number of terminal acetylenes is 1. The number of ether oxygens (including phenoxy) is 1. The molecule has 0 bridgehead atoms. The number of carbonyl (C=O) groups is 2. The van der Waals surface area contributed by atoms with Gasteiger partial charge in [0, 0.05) is 31.2 Å². The zero-order valence-corrected chi connectivity index (χ0v) is 19.0. The van der Waals surface area contributed by atoms with Crippen LogP contribution in [-0.2, 0) is 17.8 Å². The Morgan fingerprint density at radius 3 is 2.55 bits per heavy atom. The van der Waals surface area contributed by atoms with Gasteiger partial charge >= 0.3 is 12.1 Å². The molecule has 3 amide bonds. The number of anilines is 1. The summed E-state index contributed by atoms with van der Waals surface area (Å²) in [7, 11) is 0. The first-order chi connectivity index (χ1) is 15.5. The molecule has 8 nitrogen and oxygen atoms in total. The Morgan fingerprint density at radius 2 is 1.88 bits per heavy atom. The maximum Gasteiger partial charge on any atom is 0.408 e. The van der Waals surface area contributed by atoms with Gasteiger partial charge < -0.3 is 21.1 Å². The van der Waals surface area contributed by atoms with E-state index in [4.69, 9.17) is 16.9 Å². The number of fused-ring (bicyclic) bond motifs is 1. The number of aromatic nitrogens is 1. The van der Waals surface area contributed by atoms with E-state index in [2.05, 4.69) is 26.9 Å². The van der Waals surface area contributed by atoms with Crippen molar-refractivity contribution in [2.24, 2.45) is 5.73 Å². The highest BCUT2D eigenvalue weighted by atomic mass is 35.5. The number of carbonyl (C=O) groups excluding carboxylic acids is 2. The lowest BCUT2D eigenvalue weighted by Crippen LogP contribution is -2.28. The summed E-state index contributed by atoms with van der Waals surface area (Å²) in [5, 5.41) is 9.82. The minimum absolute atomic E-state index is 0. The van der Waals surface area contributed by atoms with Crippen LogP contribution in [0.4, 0.5) is 15.4 Å². The summed E-state index contributed by atoms with van der Waals surface area (Å²) >= 11 is 0. The summed E-state index contributed by atoms with van der Waals surface area (Å²) in [6.45, 7) is 2.94. The molecule has 1 aromatic heterocycles. The molecule has 5 N–H and O–H groups in total. The van der Waals surface area contributed by atoms with Crippen molar-refractivity contribution >= 4 is 41.1 Å². The number of nitrogens with two attached hydrogens (primary N) is 1. The lowest BCUT2D eigenvalue weighted by atomic mass is 9.95. The van der Waals surface area contributed by atoms with Crippen LogP contribution < -0.4 is 21.7 Å². The molecular formula is C24H26ClN5O3. The molecule has 0 unspecified atom stereocenters. The Balaban J connectivity index is 0.00000385. The number of urea groups is 1. The number of benzene rings is 2.